The number of hydrogen-bond acceptors (Lipinski definition) is 4. The maximum Gasteiger partial charge on any atom is 0.161 e. The van der Waals surface area contributed by atoms with Crippen molar-refractivity contribution in [2.24, 2.45) is 0 Å². The summed E-state index contributed by atoms with van der Waals surface area (Å²) in [6.45, 7) is 5.78. The number of aromatic nitrogens is 2. The van der Waals surface area contributed by atoms with Crippen LogP contribution in [0.2, 0.25) is 0 Å². The van der Waals surface area contributed by atoms with E-state index in [4.69, 9.17) is 14.5 Å². The molecule has 0 amide bonds. The topological polar surface area (TPSA) is 39.5 Å². The number of benzene rings is 2. The van der Waals surface area contributed by atoms with E-state index in [1.165, 1.54) is 18.4 Å². The van der Waals surface area contributed by atoms with Gasteiger partial charge in [0, 0.05) is 19.1 Å². The fourth-order valence-corrected chi connectivity index (χ4v) is 4.47. The quantitative estimate of drug-likeness (QED) is 0.709. The van der Waals surface area contributed by atoms with Gasteiger partial charge in [-0.2, -0.15) is 0 Å². The zero-order chi connectivity index (χ0) is 18.2. The van der Waals surface area contributed by atoms with Gasteiger partial charge >= 0.3 is 0 Å². The minimum absolute atomic E-state index is 0.0827. The first kappa shape index (κ1) is 16.6. The van der Waals surface area contributed by atoms with Crippen LogP contribution in [0.3, 0.4) is 0 Å². The number of para-hydroxylation sites is 4. The molecule has 1 saturated heterocycles. The molecular formula is C22H25N3O2. The molecule has 0 bridgehead atoms. The van der Waals surface area contributed by atoms with E-state index in [0.29, 0.717) is 12.6 Å². The Labute approximate surface area is 159 Å². The lowest BCUT2D eigenvalue weighted by atomic mass is 10.0. The average molecular weight is 363 g/mol. The molecule has 140 valence electrons. The van der Waals surface area contributed by atoms with Gasteiger partial charge in [-0.1, -0.05) is 24.3 Å². The summed E-state index contributed by atoms with van der Waals surface area (Å²) in [5.41, 5.74) is 2.33. The first-order valence-corrected chi connectivity index (χ1v) is 9.82. The normalized spacial score (nSPS) is 22.9. The second kappa shape index (κ2) is 6.89. The van der Waals surface area contributed by atoms with Crippen LogP contribution in [0.1, 0.15) is 24.7 Å². The van der Waals surface area contributed by atoms with Crippen molar-refractivity contribution in [3.8, 4) is 11.5 Å². The predicted octanol–water partition coefficient (Wildman–Crippen LogP) is 3.82. The molecule has 2 aromatic carbocycles. The van der Waals surface area contributed by atoms with E-state index in [-0.39, 0.29) is 6.10 Å². The van der Waals surface area contributed by atoms with Gasteiger partial charge in [0.2, 0.25) is 0 Å². The summed E-state index contributed by atoms with van der Waals surface area (Å²) in [4.78, 5) is 7.27. The van der Waals surface area contributed by atoms with Crippen LogP contribution in [0.4, 0.5) is 0 Å². The van der Waals surface area contributed by atoms with Gasteiger partial charge in [-0.05, 0) is 50.6 Å². The number of piperidine rings is 1. The Balaban J connectivity index is 1.31. The Morgan fingerprint density at radius 2 is 1.89 bits per heavy atom. The number of nitrogens with zero attached hydrogens (tertiary/aromatic N) is 3. The smallest absolute Gasteiger partial charge is 0.161 e. The molecule has 5 heteroatoms. The van der Waals surface area contributed by atoms with Gasteiger partial charge in [-0.3, -0.25) is 4.90 Å². The van der Waals surface area contributed by atoms with Crippen molar-refractivity contribution in [3.05, 3.63) is 54.4 Å². The Morgan fingerprint density at radius 3 is 2.81 bits per heavy atom. The molecule has 0 N–H and O–H groups in total. The molecule has 2 aliphatic rings. The van der Waals surface area contributed by atoms with Crippen LogP contribution < -0.4 is 9.47 Å². The Morgan fingerprint density at radius 1 is 1.07 bits per heavy atom. The molecule has 1 fully saturated rings. The third-order valence-corrected chi connectivity index (χ3v) is 5.65. The zero-order valence-electron chi connectivity index (χ0n) is 15.7. The van der Waals surface area contributed by atoms with Gasteiger partial charge < -0.3 is 14.0 Å². The van der Waals surface area contributed by atoms with Crippen LogP contribution >= 0.6 is 0 Å². The van der Waals surface area contributed by atoms with Crippen LogP contribution in [0.25, 0.3) is 11.0 Å². The predicted molar refractivity (Wildman–Crippen MR) is 106 cm³/mol. The van der Waals surface area contributed by atoms with E-state index in [1.807, 2.05) is 24.3 Å². The summed E-state index contributed by atoms with van der Waals surface area (Å²) < 4.78 is 14.5. The van der Waals surface area contributed by atoms with Gasteiger partial charge in [0.05, 0.1) is 11.0 Å². The molecule has 5 rings (SSSR count). The number of hydrogen-bond donors (Lipinski definition) is 0. The molecule has 0 saturated carbocycles. The summed E-state index contributed by atoms with van der Waals surface area (Å²) in [7, 11) is 0. The second-order valence-corrected chi connectivity index (χ2v) is 7.57. The van der Waals surface area contributed by atoms with Crippen molar-refractivity contribution in [1.29, 1.82) is 0 Å². The summed E-state index contributed by atoms with van der Waals surface area (Å²) in [5.74, 6) is 2.82. The van der Waals surface area contributed by atoms with Crippen LogP contribution in [0.5, 0.6) is 11.5 Å². The van der Waals surface area contributed by atoms with Gasteiger partial charge in [0.1, 0.15) is 18.5 Å². The number of fused-ring (bicyclic) bond motifs is 2. The number of imidazole rings is 1. The van der Waals surface area contributed by atoms with E-state index in [1.54, 1.807) is 0 Å². The highest BCUT2D eigenvalue weighted by molar-refractivity contribution is 5.76. The highest BCUT2D eigenvalue weighted by Gasteiger charge is 2.28. The van der Waals surface area contributed by atoms with Gasteiger partial charge in [-0.15, -0.1) is 0 Å². The lowest BCUT2D eigenvalue weighted by Gasteiger charge is -2.37. The second-order valence-electron chi connectivity index (χ2n) is 7.57. The first-order chi connectivity index (χ1) is 13.3. The van der Waals surface area contributed by atoms with Crippen LogP contribution in [-0.4, -0.2) is 46.8 Å². The first-order valence-electron chi connectivity index (χ1n) is 9.82. The van der Waals surface area contributed by atoms with E-state index >= 15 is 0 Å². The average Bonchev–Trinajstić information content (AvgIpc) is 3.04. The Kier molecular flexibility index (Phi) is 4.24. The molecule has 2 aliphatic heterocycles. The summed E-state index contributed by atoms with van der Waals surface area (Å²) in [5, 5.41) is 0. The van der Waals surface area contributed by atoms with E-state index in [0.717, 1.165) is 42.5 Å². The fourth-order valence-electron chi connectivity index (χ4n) is 4.47. The molecule has 0 aliphatic carbocycles. The number of likely N-dealkylation sites (tertiary alicyclic amines) is 1. The Bertz CT molecular complexity index is 952. The third kappa shape index (κ3) is 3.16. The summed E-state index contributed by atoms with van der Waals surface area (Å²) in [6.07, 6.45) is 2.47. The molecule has 3 aromatic rings. The molecule has 2 unspecified atom stereocenters. The lowest BCUT2D eigenvalue weighted by molar-refractivity contribution is 0.0462. The monoisotopic (exact) mass is 363 g/mol. The zero-order valence-corrected chi connectivity index (χ0v) is 15.7. The van der Waals surface area contributed by atoms with Crippen molar-refractivity contribution in [3.63, 3.8) is 0 Å². The van der Waals surface area contributed by atoms with Crippen LogP contribution in [0, 0.1) is 6.92 Å². The Hall–Kier alpha value is -2.53. The van der Waals surface area contributed by atoms with Gasteiger partial charge in [-0.25, -0.2) is 4.98 Å². The molecule has 1 aromatic heterocycles. The number of ether oxygens (including phenoxy) is 2. The van der Waals surface area contributed by atoms with Crippen LogP contribution in [-0.2, 0) is 0 Å². The van der Waals surface area contributed by atoms with Crippen LogP contribution in [0.15, 0.2) is 48.5 Å². The summed E-state index contributed by atoms with van der Waals surface area (Å²) in [6, 6.07) is 16.8. The highest BCUT2D eigenvalue weighted by Crippen LogP contribution is 2.32. The minimum atomic E-state index is 0.0827. The number of aryl methyl sites for hydroxylation is 1. The molecular weight excluding hydrogens is 338 g/mol. The minimum Gasteiger partial charge on any atom is -0.486 e. The largest absolute Gasteiger partial charge is 0.486 e. The highest BCUT2D eigenvalue weighted by atomic mass is 16.6. The number of rotatable bonds is 3. The summed E-state index contributed by atoms with van der Waals surface area (Å²) >= 11 is 0. The maximum absolute atomic E-state index is 6.17. The SMILES string of the molecule is Cc1nc2ccccc2n1C1CCCN(CC2COc3ccccc3O2)C1. The molecule has 2 atom stereocenters. The van der Waals surface area contributed by atoms with Crippen molar-refractivity contribution < 1.29 is 9.47 Å². The molecule has 5 nitrogen and oxygen atoms in total. The van der Waals surface area contributed by atoms with Crippen molar-refractivity contribution in [2.45, 2.75) is 31.9 Å². The molecule has 0 radical (unpaired) electrons. The molecule has 27 heavy (non-hydrogen) atoms. The van der Waals surface area contributed by atoms with E-state index in [2.05, 4.69) is 40.7 Å². The maximum atomic E-state index is 6.17. The van der Waals surface area contributed by atoms with Crippen molar-refractivity contribution >= 4 is 11.0 Å². The van der Waals surface area contributed by atoms with E-state index < -0.39 is 0 Å². The van der Waals surface area contributed by atoms with Crippen molar-refractivity contribution in [2.75, 3.05) is 26.2 Å². The third-order valence-electron chi connectivity index (χ3n) is 5.65. The standard InChI is InChI=1S/C22H25N3O2/c1-16-23-19-8-2-3-9-20(19)25(16)17-7-6-12-24(13-17)14-18-15-26-21-10-4-5-11-22(21)27-18/h2-5,8-11,17-18H,6-7,12-15H2,1H3. The fraction of sp³-hybridized carbons (Fsp3) is 0.409. The van der Waals surface area contributed by atoms with E-state index in [9.17, 15) is 0 Å². The molecule has 3 heterocycles. The van der Waals surface area contributed by atoms with Gasteiger partial charge in [0.25, 0.3) is 0 Å². The molecule has 0 spiro atoms. The van der Waals surface area contributed by atoms with Gasteiger partial charge in [0.15, 0.2) is 11.5 Å². The lowest BCUT2D eigenvalue weighted by Crippen LogP contribution is -2.45. The van der Waals surface area contributed by atoms with Crippen molar-refractivity contribution in [1.82, 2.24) is 14.5 Å².